The molecule has 1 fully saturated rings. The minimum atomic E-state index is -3.40. The van der Waals surface area contributed by atoms with Crippen molar-refractivity contribution in [2.45, 2.75) is 43.3 Å². The first kappa shape index (κ1) is 14.1. The monoisotopic (exact) mass is 277 g/mol. The zero-order valence-electron chi connectivity index (χ0n) is 11.3. The first-order valence-corrected chi connectivity index (χ1v) is 8.20. The molecule has 102 valence electrons. The minimum Gasteiger partial charge on any atom is -0.223 e. The summed E-state index contributed by atoms with van der Waals surface area (Å²) in [6, 6.07) is 9.16. The summed E-state index contributed by atoms with van der Waals surface area (Å²) in [5, 5.41) is 8.65. The highest BCUT2D eigenvalue weighted by Gasteiger charge is 2.38. The minimum absolute atomic E-state index is 0.354. The first-order valence-electron chi connectivity index (χ1n) is 6.65. The third kappa shape index (κ3) is 2.82. The maximum absolute atomic E-state index is 12.7. The van der Waals surface area contributed by atoms with E-state index >= 15 is 0 Å². The number of nitriles is 1. The molecule has 3 atom stereocenters. The van der Waals surface area contributed by atoms with E-state index in [1.807, 2.05) is 13.0 Å². The maximum Gasteiger partial charge on any atom is 0.182 e. The van der Waals surface area contributed by atoms with E-state index in [0.717, 1.165) is 12.0 Å². The molecule has 4 heteroatoms. The SMILES string of the molecule is Cc1cccc(S(=O)(=O)C2CC(C)CCC2C#N)c1. The topological polar surface area (TPSA) is 57.9 Å². The van der Waals surface area contributed by atoms with E-state index in [4.69, 9.17) is 0 Å². The second-order valence-electron chi connectivity index (χ2n) is 5.55. The molecule has 0 saturated heterocycles. The first-order chi connectivity index (χ1) is 8.95. The van der Waals surface area contributed by atoms with Crippen LogP contribution in [-0.2, 0) is 9.84 Å². The fourth-order valence-corrected chi connectivity index (χ4v) is 4.97. The summed E-state index contributed by atoms with van der Waals surface area (Å²) in [6.07, 6.45) is 2.22. The van der Waals surface area contributed by atoms with E-state index < -0.39 is 15.1 Å². The van der Waals surface area contributed by atoms with Gasteiger partial charge in [-0.1, -0.05) is 19.1 Å². The lowest BCUT2D eigenvalue weighted by Gasteiger charge is -2.30. The van der Waals surface area contributed by atoms with Gasteiger partial charge in [-0.15, -0.1) is 0 Å². The van der Waals surface area contributed by atoms with Crippen molar-refractivity contribution in [2.75, 3.05) is 0 Å². The molecule has 2 rings (SSSR count). The van der Waals surface area contributed by atoms with Crippen molar-refractivity contribution >= 4 is 9.84 Å². The maximum atomic E-state index is 12.7. The van der Waals surface area contributed by atoms with Gasteiger partial charge in [0.25, 0.3) is 0 Å². The molecular weight excluding hydrogens is 258 g/mol. The summed E-state index contributed by atoms with van der Waals surface area (Å²) in [7, 11) is -3.40. The predicted octanol–water partition coefficient (Wildman–Crippen LogP) is 3.10. The molecule has 0 amide bonds. The van der Waals surface area contributed by atoms with E-state index in [9.17, 15) is 13.7 Å². The predicted molar refractivity (Wildman–Crippen MR) is 74.3 cm³/mol. The molecule has 19 heavy (non-hydrogen) atoms. The van der Waals surface area contributed by atoms with Crippen LogP contribution in [0.1, 0.15) is 31.7 Å². The molecule has 1 saturated carbocycles. The van der Waals surface area contributed by atoms with Gasteiger partial charge in [0.05, 0.1) is 22.1 Å². The Kier molecular flexibility index (Phi) is 3.96. The lowest BCUT2D eigenvalue weighted by Crippen LogP contribution is -2.35. The summed E-state index contributed by atoms with van der Waals surface area (Å²) < 4.78 is 25.4. The Bertz CT molecular complexity index is 601. The van der Waals surface area contributed by atoms with Crippen LogP contribution in [0.2, 0.25) is 0 Å². The Morgan fingerprint density at radius 3 is 2.68 bits per heavy atom. The normalized spacial score (nSPS) is 27.7. The van der Waals surface area contributed by atoms with Crippen LogP contribution in [0.15, 0.2) is 29.2 Å². The number of rotatable bonds is 2. The molecule has 0 radical (unpaired) electrons. The van der Waals surface area contributed by atoms with E-state index in [0.29, 0.717) is 23.7 Å². The lowest BCUT2D eigenvalue weighted by atomic mass is 9.83. The van der Waals surface area contributed by atoms with Crippen LogP contribution in [0.4, 0.5) is 0 Å². The molecule has 1 aromatic rings. The molecule has 3 unspecified atom stereocenters. The second kappa shape index (κ2) is 5.34. The van der Waals surface area contributed by atoms with Gasteiger partial charge >= 0.3 is 0 Å². The van der Waals surface area contributed by atoms with Crippen molar-refractivity contribution in [3.8, 4) is 6.07 Å². The Balaban J connectivity index is 2.40. The Labute approximate surface area is 115 Å². The van der Waals surface area contributed by atoms with Crippen molar-refractivity contribution in [1.82, 2.24) is 0 Å². The molecule has 0 heterocycles. The molecule has 1 aromatic carbocycles. The van der Waals surface area contributed by atoms with Crippen molar-refractivity contribution in [2.24, 2.45) is 11.8 Å². The molecule has 0 aromatic heterocycles. The van der Waals surface area contributed by atoms with Gasteiger partial charge in [-0.05, 0) is 49.8 Å². The lowest BCUT2D eigenvalue weighted by molar-refractivity contribution is 0.335. The summed E-state index contributed by atoms with van der Waals surface area (Å²) >= 11 is 0. The van der Waals surface area contributed by atoms with Gasteiger partial charge in [0.2, 0.25) is 0 Å². The molecule has 1 aliphatic rings. The molecule has 0 N–H and O–H groups in total. The van der Waals surface area contributed by atoms with Gasteiger partial charge in [-0.25, -0.2) is 8.42 Å². The third-order valence-corrected chi connectivity index (χ3v) is 6.17. The number of benzene rings is 1. The van der Waals surface area contributed by atoms with Crippen molar-refractivity contribution in [1.29, 1.82) is 5.26 Å². The summed E-state index contributed by atoms with van der Waals surface area (Å²) in [4.78, 5) is 0.354. The van der Waals surface area contributed by atoms with Crippen LogP contribution in [0, 0.1) is 30.1 Å². The van der Waals surface area contributed by atoms with Crippen LogP contribution in [0.3, 0.4) is 0 Å². The van der Waals surface area contributed by atoms with E-state index in [-0.39, 0.29) is 5.92 Å². The molecule has 0 aliphatic heterocycles. The molecule has 0 bridgehead atoms. The van der Waals surface area contributed by atoms with E-state index in [1.54, 1.807) is 18.2 Å². The number of hydrogen-bond acceptors (Lipinski definition) is 3. The summed E-state index contributed by atoms with van der Waals surface area (Å²) in [6.45, 7) is 3.94. The number of aryl methyl sites for hydroxylation is 1. The van der Waals surface area contributed by atoms with Crippen molar-refractivity contribution in [3.63, 3.8) is 0 Å². The Hall–Kier alpha value is -1.34. The highest BCUT2D eigenvalue weighted by atomic mass is 32.2. The van der Waals surface area contributed by atoms with Crippen LogP contribution >= 0.6 is 0 Å². The van der Waals surface area contributed by atoms with E-state index in [1.165, 1.54) is 0 Å². The van der Waals surface area contributed by atoms with Gasteiger partial charge in [0.1, 0.15) is 0 Å². The average Bonchev–Trinajstić information content (AvgIpc) is 2.38. The Morgan fingerprint density at radius 2 is 2.05 bits per heavy atom. The summed E-state index contributed by atoms with van der Waals surface area (Å²) in [5.74, 6) is -0.00380. The van der Waals surface area contributed by atoms with E-state index in [2.05, 4.69) is 13.0 Å². The molecule has 1 aliphatic carbocycles. The third-order valence-electron chi connectivity index (χ3n) is 3.94. The van der Waals surface area contributed by atoms with Crippen molar-refractivity contribution in [3.05, 3.63) is 29.8 Å². The number of sulfone groups is 1. The zero-order valence-corrected chi connectivity index (χ0v) is 12.2. The Morgan fingerprint density at radius 1 is 1.32 bits per heavy atom. The summed E-state index contributed by atoms with van der Waals surface area (Å²) in [5.41, 5.74) is 0.929. The fraction of sp³-hybridized carbons (Fsp3) is 0.533. The van der Waals surface area contributed by atoms with Gasteiger partial charge in [-0.3, -0.25) is 0 Å². The molecular formula is C15H19NO2S. The van der Waals surface area contributed by atoms with Gasteiger partial charge in [-0.2, -0.15) is 5.26 Å². The van der Waals surface area contributed by atoms with Crippen LogP contribution < -0.4 is 0 Å². The second-order valence-corrected chi connectivity index (χ2v) is 7.72. The van der Waals surface area contributed by atoms with Gasteiger partial charge in [0, 0.05) is 0 Å². The molecule has 0 spiro atoms. The number of nitrogens with zero attached hydrogens (tertiary/aromatic N) is 1. The van der Waals surface area contributed by atoms with Crippen LogP contribution in [0.25, 0.3) is 0 Å². The zero-order chi connectivity index (χ0) is 14.0. The van der Waals surface area contributed by atoms with Gasteiger partial charge < -0.3 is 0 Å². The fourth-order valence-electron chi connectivity index (χ4n) is 2.79. The average molecular weight is 277 g/mol. The standard InChI is InChI=1S/C15H19NO2S/c1-11-4-3-5-14(8-11)19(17,18)15-9-12(2)6-7-13(15)10-16/h3-5,8,12-13,15H,6-7,9H2,1-2H3. The number of hydrogen-bond donors (Lipinski definition) is 0. The van der Waals surface area contributed by atoms with Crippen molar-refractivity contribution < 1.29 is 8.42 Å². The van der Waals surface area contributed by atoms with Crippen LogP contribution in [0.5, 0.6) is 0 Å². The van der Waals surface area contributed by atoms with Gasteiger partial charge in [0.15, 0.2) is 9.84 Å². The smallest absolute Gasteiger partial charge is 0.182 e. The highest BCUT2D eigenvalue weighted by molar-refractivity contribution is 7.92. The quantitative estimate of drug-likeness (QED) is 0.834. The van der Waals surface area contributed by atoms with Crippen LogP contribution in [-0.4, -0.2) is 13.7 Å². The largest absolute Gasteiger partial charge is 0.223 e. The highest BCUT2D eigenvalue weighted by Crippen LogP contribution is 2.35. The molecule has 3 nitrogen and oxygen atoms in total.